The molecule has 0 bridgehead atoms. The average Bonchev–Trinajstić information content (AvgIpc) is 2.56. The molecule has 22 heavy (non-hydrogen) atoms. The van der Waals surface area contributed by atoms with Crippen molar-refractivity contribution in [2.24, 2.45) is 0 Å². The van der Waals surface area contributed by atoms with E-state index < -0.39 is 6.67 Å². The van der Waals surface area contributed by atoms with Crippen molar-refractivity contribution in [3.63, 3.8) is 0 Å². The van der Waals surface area contributed by atoms with Gasteiger partial charge in [-0.25, -0.2) is 4.98 Å². The maximum Gasteiger partial charge on any atom is 0.219 e. The van der Waals surface area contributed by atoms with Gasteiger partial charge in [0.1, 0.15) is 5.75 Å². The summed E-state index contributed by atoms with van der Waals surface area (Å²) in [5.41, 5.74) is 0.739. The molecule has 0 fully saturated rings. The molecule has 3 aromatic rings. The SMILES string of the molecule is CCC(CF)c1cccc(Oc2ccc3ccccc3c2)n1. The number of hydrogen-bond donors (Lipinski definition) is 0. The molecule has 0 saturated heterocycles. The van der Waals surface area contributed by atoms with Gasteiger partial charge in [0.15, 0.2) is 0 Å². The van der Waals surface area contributed by atoms with Crippen molar-refractivity contribution in [2.45, 2.75) is 19.3 Å². The zero-order chi connectivity index (χ0) is 15.4. The minimum Gasteiger partial charge on any atom is -0.439 e. The number of alkyl halides is 1. The highest BCUT2D eigenvalue weighted by atomic mass is 19.1. The standard InChI is InChI=1S/C19H18FNO/c1-2-14(13-20)18-8-5-9-19(21-18)22-17-11-10-15-6-3-4-7-16(15)12-17/h3-12,14H,2,13H2,1H3. The molecule has 1 heterocycles. The Hall–Kier alpha value is -2.42. The molecule has 3 rings (SSSR count). The van der Waals surface area contributed by atoms with Crippen LogP contribution in [0.25, 0.3) is 10.8 Å². The number of benzene rings is 2. The van der Waals surface area contributed by atoms with E-state index in [1.54, 1.807) is 6.07 Å². The fourth-order valence-corrected chi connectivity index (χ4v) is 2.46. The largest absolute Gasteiger partial charge is 0.439 e. The summed E-state index contributed by atoms with van der Waals surface area (Å²) in [6.45, 7) is 1.56. The first kappa shape index (κ1) is 14.5. The van der Waals surface area contributed by atoms with Gasteiger partial charge >= 0.3 is 0 Å². The fourth-order valence-electron chi connectivity index (χ4n) is 2.46. The smallest absolute Gasteiger partial charge is 0.219 e. The maximum absolute atomic E-state index is 13.0. The summed E-state index contributed by atoms with van der Waals surface area (Å²) in [5, 5.41) is 2.28. The van der Waals surface area contributed by atoms with E-state index in [-0.39, 0.29) is 5.92 Å². The molecule has 0 amide bonds. The van der Waals surface area contributed by atoms with E-state index >= 15 is 0 Å². The molecule has 1 aromatic heterocycles. The van der Waals surface area contributed by atoms with Gasteiger partial charge in [0, 0.05) is 12.0 Å². The molecule has 0 spiro atoms. The maximum atomic E-state index is 13.0. The molecule has 2 nitrogen and oxygen atoms in total. The van der Waals surface area contributed by atoms with Crippen LogP contribution in [0.1, 0.15) is 25.0 Å². The lowest BCUT2D eigenvalue weighted by Crippen LogP contribution is -2.03. The van der Waals surface area contributed by atoms with Crippen LogP contribution in [0.5, 0.6) is 11.6 Å². The molecule has 112 valence electrons. The second-order valence-corrected chi connectivity index (χ2v) is 5.27. The lowest BCUT2D eigenvalue weighted by Gasteiger charge is -2.12. The Kier molecular flexibility index (Phi) is 4.33. The van der Waals surface area contributed by atoms with Crippen LogP contribution in [-0.2, 0) is 0 Å². The van der Waals surface area contributed by atoms with E-state index in [1.165, 1.54) is 5.39 Å². The highest BCUT2D eigenvalue weighted by Crippen LogP contribution is 2.26. The van der Waals surface area contributed by atoms with Crippen molar-refractivity contribution in [2.75, 3.05) is 6.67 Å². The molecule has 3 heteroatoms. The Morgan fingerprint density at radius 1 is 1.00 bits per heavy atom. The van der Waals surface area contributed by atoms with Gasteiger partial charge < -0.3 is 4.74 Å². The number of halogens is 1. The van der Waals surface area contributed by atoms with Crippen LogP contribution >= 0.6 is 0 Å². The highest BCUT2D eigenvalue weighted by Gasteiger charge is 2.11. The summed E-state index contributed by atoms with van der Waals surface area (Å²) in [7, 11) is 0. The number of nitrogens with zero attached hydrogens (tertiary/aromatic N) is 1. The summed E-state index contributed by atoms with van der Waals surface area (Å²) in [6, 6.07) is 19.5. The van der Waals surface area contributed by atoms with Gasteiger partial charge in [-0.05, 0) is 35.4 Å². The zero-order valence-electron chi connectivity index (χ0n) is 12.5. The van der Waals surface area contributed by atoms with E-state index in [0.717, 1.165) is 23.3 Å². The Morgan fingerprint density at radius 2 is 1.82 bits per heavy atom. The van der Waals surface area contributed by atoms with Gasteiger partial charge in [-0.1, -0.05) is 43.3 Å². The summed E-state index contributed by atoms with van der Waals surface area (Å²) in [5.74, 6) is 1.07. The van der Waals surface area contributed by atoms with E-state index in [2.05, 4.69) is 11.1 Å². The van der Waals surface area contributed by atoms with E-state index in [0.29, 0.717) is 5.88 Å². The van der Waals surface area contributed by atoms with Gasteiger partial charge in [0.05, 0.1) is 12.4 Å². The Labute approximate surface area is 129 Å². The van der Waals surface area contributed by atoms with Crippen LogP contribution < -0.4 is 4.74 Å². The number of pyridine rings is 1. The lowest BCUT2D eigenvalue weighted by atomic mass is 10.0. The minimum atomic E-state index is -0.400. The second kappa shape index (κ2) is 6.56. The van der Waals surface area contributed by atoms with Gasteiger partial charge in [-0.2, -0.15) is 0 Å². The number of fused-ring (bicyclic) bond motifs is 1. The van der Waals surface area contributed by atoms with Crippen molar-refractivity contribution < 1.29 is 9.13 Å². The molecule has 0 aliphatic carbocycles. The number of ether oxygens (including phenoxy) is 1. The highest BCUT2D eigenvalue weighted by molar-refractivity contribution is 5.83. The topological polar surface area (TPSA) is 22.1 Å². The molecule has 1 atom stereocenters. The van der Waals surface area contributed by atoms with Gasteiger partial charge in [0.2, 0.25) is 5.88 Å². The molecular formula is C19H18FNO. The number of rotatable bonds is 5. The van der Waals surface area contributed by atoms with E-state index in [9.17, 15) is 4.39 Å². The summed E-state index contributed by atoms with van der Waals surface area (Å²) >= 11 is 0. The third kappa shape index (κ3) is 3.08. The Morgan fingerprint density at radius 3 is 2.59 bits per heavy atom. The van der Waals surface area contributed by atoms with Crippen molar-refractivity contribution in [1.82, 2.24) is 4.98 Å². The molecule has 0 aliphatic rings. The number of aromatic nitrogens is 1. The predicted octanol–water partition coefficient (Wildman–Crippen LogP) is 5.49. The minimum absolute atomic E-state index is 0.167. The van der Waals surface area contributed by atoms with E-state index in [4.69, 9.17) is 4.74 Å². The van der Waals surface area contributed by atoms with E-state index in [1.807, 2.05) is 55.5 Å². The monoisotopic (exact) mass is 295 g/mol. The lowest BCUT2D eigenvalue weighted by molar-refractivity contribution is 0.410. The van der Waals surface area contributed by atoms with Crippen LogP contribution in [0.4, 0.5) is 4.39 Å². The molecule has 0 aliphatic heterocycles. The van der Waals surface area contributed by atoms with Crippen LogP contribution in [0.3, 0.4) is 0 Å². The summed E-state index contributed by atoms with van der Waals surface area (Å²) < 4.78 is 18.8. The Balaban J connectivity index is 1.86. The third-order valence-electron chi connectivity index (χ3n) is 3.79. The first-order valence-electron chi connectivity index (χ1n) is 7.49. The summed E-state index contributed by atoms with van der Waals surface area (Å²) in [4.78, 5) is 4.43. The van der Waals surface area contributed by atoms with Crippen LogP contribution in [0, 0.1) is 0 Å². The molecular weight excluding hydrogens is 277 g/mol. The first-order valence-corrected chi connectivity index (χ1v) is 7.49. The van der Waals surface area contributed by atoms with Crippen LogP contribution in [0.15, 0.2) is 60.7 Å². The van der Waals surface area contributed by atoms with Gasteiger partial charge in [-0.3, -0.25) is 4.39 Å². The Bertz CT molecular complexity index is 768. The summed E-state index contributed by atoms with van der Waals surface area (Å²) in [6.07, 6.45) is 0.725. The second-order valence-electron chi connectivity index (χ2n) is 5.27. The normalized spacial score (nSPS) is 12.3. The molecule has 2 aromatic carbocycles. The van der Waals surface area contributed by atoms with Gasteiger partial charge in [-0.15, -0.1) is 0 Å². The quantitative estimate of drug-likeness (QED) is 0.621. The molecule has 0 saturated carbocycles. The fraction of sp³-hybridized carbons (Fsp3) is 0.211. The van der Waals surface area contributed by atoms with Crippen LogP contribution in [-0.4, -0.2) is 11.7 Å². The predicted molar refractivity (Wildman–Crippen MR) is 87.3 cm³/mol. The van der Waals surface area contributed by atoms with Crippen molar-refractivity contribution >= 4 is 10.8 Å². The van der Waals surface area contributed by atoms with Crippen LogP contribution in [0.2, 0.25) is 0 Å². The van der Waals surface area contributed by atoms with Crippen molar-refractivity contribution in [3.8, 4) is 11.6 Å². The molecule has 0 N–H and O–H groups in total. The average molecular weight is 295 g/mol. The van der Waals surface area contributed by atoms with Gasteiger partial charge in [0.25, 0.3) is 0 Å². The van der Waals surface area contributed by atoms with Crippen molar-refractivity contribution in [3.05, 3.63) is 66.4 Å². The van der Waals surface area contributed by atoms with Crippen molar-refractivity contribution in [1.29, 1.82) is 0 Å². The zero-order valence-corrected chi connectivity index (χ0v) is 12.5. The number of hydrogen-bond acceptors (Lipinski definition) is 2. The first-order chi connectivity index (χ1) is 10.8. The third-order valence-corrected chi connectivity index (χ3v) is 3.79. The molecule has 0 radical (unpaired) electrons. The molecule has 1 unspecified atom stereocenters.